The fourth-order valence-electron chi connectivity index (χ4n) is 2.58. The van der Waals surface area contributed by atoms with Gasteiger partial charge in [-0.3, -0.25) is 4.68 Å². The summed E-state index contributed by atoms with van der Waals surface area (Å²) in [6, 6.07) is 6.70. The number of nitrogens with zero attached hydrogens (tertiary/aromatic N) is 2. The molecule has 0 saturated carbocycles. The monoisotopic (exact) mass is 275 g/mol. The highest BCUT2D eigenvalue weighted by molar-refractivity contribution is 5.24. The SMILES string of the molecule is Cc1nn(C)c(C)c1CCC(N)Cc1cccc(F)c1. The Morgan fingerprint density at radius 2 is 2.10 bits per heavy atom. The number of hydrogen-bond acceptors (Lipinski definition) is 2. The van der Waals surface area contributed by atoms with Crippen LogP contribution in [-0.2, 0) is 19.9 Å². The van der Waals surface area contributed by atoms with Crippen molar-refractivity contribution in [2.24, 2.45) is 12.8 Å². The number of hydrogen-bond donors (Lipinski definition) is 1. The van der Waals surface area contributed by atoms with Crippen molar-refractivity contribution < 1.29 is 4.39 Å². The van der Waals surface area contributed by atoms with E-state index in [1.54, 1.807) is 12.1 Å². The number of rotatable bonds is 5. The van der Waals surface area contributed by atoms with E-state index in [2.05, 4.69) is 12.0 Å². The highest BCUT2D eigenvalue weighted by atomic mass is 19.1. The summed E-state index contributed by atoms with van der Waals surface area (Å²) in [4.78, 5) is 0. The number of benzene rings is 1. The van der Waals surface area contributed by atoms with Crippen molar-refractivity contribution in [3.8, 4) is 0 Å². The van der Waals surface area contributed by atoms with Gasteiger partial charge < -0.3 is 5.73 Å². The molecule has 0 saturated heterocycles. The quantitative estimate of drug-likeness (QED) is 0.911. The molecule has 0 aliphatic rings. The summed E-state index contributed by atoms with van der Waals surface area (Å²) in [6.45, 7) is 4.11. The van der Waals surface area contributed by atoms with Crippen LogP contribution in [0.2, 0.25) is 0 Å². The molecule has 0 bridgehead atoms. The molecule has 1 aromatic heterocycles. The molecule has 20 heavy (non-hydrogen) atoms. The topological polar surface area (TPSA) is 43.8 Å². The van der Waals surface area contributed by atoms with Gasteiger partial charge in [-0.2, -0.15) is 5.10 Å². The van der Waals surface area contributed by atoms with Gasteiger partial charge in [0.25, 0.3) is 0 Å². The van der Waals surface area contributed by atoms with Crippen LogP contribution in [0.25, 0.3) is 0 Å². The number of halogens is 1. The molecule has 1 atom stereocenters. The second kappa shape index (κ2) is 6.18. The van der Waals surface area contributed by atoms with Crippen molar-refractivity contribution in [1.82, 2.24) is 9.78 Å². The van der Waals surface area contributed by atoms with Crippen LogP contribution in [0.3, 0.4) is 0 Å². The summed E-state index contributed by atoms with van der Waals surface area (Å²) >= 11 is 0. The lowest BCUT2D eigenvalue weighted by molar-refractivity contribution is 0.597. The van der Waals surface area contributed by atoms with E-state index in [4.69, 9.17) is 5.73 Å². The minimum atomic E-state index is -0.200. The molecular weight excluding hydrogens is 253 g/mol. The third kappa shape index (κ3) is 3.45. The maximum atomic E-state index is 13.1. The Morgan fingerprint density at radius 1 is 1.35 bits per heavy atom. The van der Waals surface area contributed by atoms with Gasteiger partial charge in [0.2, 0.25) is 0 Å². The van der Waals surface area contributed by atoms with E-state index < -0.39 is 0 Å². The zero-order valence-electron chi connectivity index (χ0n) is 12.4. The molecule has 1 aromatic carbocycles. The molecule has 0 radical (unpaired) electrons. The normalized spacial score (nSPS) is 12.7. The Balaban J connectivity index is 1.94. The van der Waals surface area contributed by atoms with Crippen molar-refractivity contribution in [2.75, 3.05) is 0 Å². The molecule has 2 N–H and O–H groups in total. The Morgan fingerprint density at radius 3 is 2.70 bits per heavy atom. The average Bonchev–Trinajstić information content (AvgIpc) is 2.61. The molecule has 0 amide bonds. The first-order chi connectivity index (χ1) is 9.47. The van der Waals surface area contributed by atoms with E-state index >= 15 is 0 Å². The molecule has 2 aromatic rings. The molecule has 0 spiro atoms. The summed E-state index contributed by atoms with van der Waals surface area (Å²) in [7, 11) is 1.96. The largest absolute Gasteiger partial charge is 0.327 e. The molecule has 0 aliphatic carbocycles. The van der Waals surface area contributed by atoms with E-state index in [0.29, 0.717) is 6.42 Å². The highest BCUT2D eigenvalue weighted by Gasteiger charge is 2.11. The highest BCUT2D eigenvalue weighted by Crippen LogP contribution is 2.16. The van der Waals surface area contributed by atoms with Gasteiger partial charge in [0.15, 0.2) is 0 Å². The minimum absolute atomic E-state index is 0.0378. The van der Waals surface area contributed by atoms with Crippen LogP contribution in [-0.4, -0.2) is 15.8 Å². The van der Waals surface area contributed by atoms with E-state index in [1.165, 1.54) is 17.3 Å². The third-order valence-electron chi connectivity index (χ3n) is 3.81. The molecule has 0 aliphatic heterocycles. The standard InChI is InChI=1S/C16H22FN3/c1-11-16(12(2)20(3)19-11)8-7-15(18)10-13-5-4-6-14(17)9-13/h4-6,9,15H,7-8,10,18H2,1-3H3. The van der Waals surface area contributed by atoms with Gasteiger partial charge in [0.1, 0.15) is 5.82 Å². The van der Waals surface area contributed by atoms with Crippen LogP contribution in [0.15, 0.2) is 24.3 Å². The Hall–Kier alpha value is -1.68. The molecule has 1 heterocycles. The van der Waals surface area contributed by atoms with Gasteiger partial charge in [-0.15, -0.1) is 0 Å². The second-order valence-electron chi connectivity index (χ2n) is 5.41. The van der Waals surface area contributed by atoms with E-state index in [0.717, 1.165) is 24.1 Å². The van der Waals surface area contributed by atoms with Crippen LogP contribution < -0.4 is 5.73 Å². The van der Waals surface area contributed by atoms with Crippen molar-refractivity contribution >= 4 is 0 Å². The van der Waals surface area contributed by atoms with E-state index in [-0.39, 0.29) is 11.9 Å². The lowest BCUT2D eigenvalue weighted by Crippen LogP contribution is -2.23. The zero-order chi connectivity index (χ0) is 14.7. The second-order valence-corrected chi connectivity index (χ2v) is 5.41. The lowest BCUT2D eigenvalue weighted by Gasteiger charge is -2.12. The van der Waals surface area contributed by atoms with Gasteiger partial charge in [0, 0.05) is 18.8 Å². The number of nitrogens with two attached hydrogens (primary N) is 1. The molecule has 1 unspecified atom stereocenters. The average molecular weight is 275 g/mol. The van der Waals surface area contributed by atoms with Gasteiger partial charge in [-0.1, -0.05) is 12.1 Å². The number of aryl methyl sites for hydroxylation is 2. The van der Waals surface area contributed by atoms with Crippen LogP contribution in [0.1, 0.15) is 28.9 Å². The van der Waals surface area contributed by atoms with Crippen molar-refractivity contribution in [1.29, 1.82) is 0 Å². The van der Waals surface area contributed by atoms with Gasteiger partial charge in [-0.05, 0) is 56.4 Å². The maximum absolute atomic E-state index is 13.1. The van der Waals surface area contributed by atoms with E-state index in [1.807, 2.05) is 24.7 Å². The predicted octanol–water partition coefficient (Wildman–Crippen LogP) is 2.68. The number of aromatic nitrogens is 2. The molecule has 2 rings (SSSR count). The van der Waals surface area contributed by atoms with Gasteiger partial charge in [0.05, 0.1) is 5.69 Å². The summed E-state index contributed by atoms with van der Waals surface area (Å²) in [5, 5.41) is 4.41. The third-order valence-corrected chi connectivity index (χ3v) is 3.81. The Bertz CT molecular complexity index is 589. The summed E-state index contributed by atoms with van der Waals surface area (Å²) in [5.41, 5.74) is 10.7. The summed E-state index contributed by atoms with van der Waals surface area (Å²) < 4.78 is 15.0. The molecule has 0 fully saturated rings. The first-order valence-corrected chi connectivity index (χ1v) is 6.96. The summed E-state index contributed by atoms with van der Waals surface area (Å²) in [6.07, 6.45) is 2.50. The van der Waals surface area contributed by atoms with Crippen LogP contribution >= 0.6 is 0 Å². The van der Waals surface area contributed by atoms with Crippen molar-refractivity contribution in [2.45, 2.75) is 39.2 Å². The van der Waals surface area contributed by atoms with Crippen LogP contribution in [0.4, 0.5) is 4.39 Å². The zero-order valence-corrected chi connectivity index (χ0v) is 12.4. The fraction of sp³-hybridized carbons (Fsp3) is 0.438. The van der Waals surface area contributed by atoms with Crippen LogP contribution in [0.5, 0.6) is 0 Å². The molecular formula is C16H22FN3. The maximum Gasteiger partial charge on any atom is 0.123 e. The van der Waals surface area contributed by atoms with E-state index in [9.17, 15) is 4.39 Å². The first-order valence-electron chi connectivity index (χ1n) is 6.96. The molecule has 4 heteroatoms. The Labute approximate surface area is 119 Å². The van der Waals surface area contributed by atoms with Gasteiger partial charge >= 0.3 is 0 Å². The molecule has 3 nitrogen and oxygen atoms in total. The van der Waals surface area contributed by atoms with Crippen molar-refractivity contribution in [3.05, 3.63) is 52.6 Å². The fourth-order valence-corrected chi connectivity index (χ4v) is 2.58. The lowest BCUT2D eigenvalue weighted by atomic mass is 9.99. The molecule has 108 valence electrons. The first kappa shape index (κ1) is 14.7. The van der Waals surface area contributed by atoms with Crippen molar-refractivity contribution in [3.63, 3.8) is 0 Å². The van der Waals surface area contributed by atoms with Crippen LogP contribution in [0, 0.1) is 19.7 Å². The predicted molar refractivity (Wildman–Crippen MR) is 79.1 cm³/mol. The summed E-state index contributed by atoms with van der Waals surface area (Å²) in [5.74, 6) is -0.200. The minimum Gasteiger partial charge on any atom is -0.327 e. The van der Waals surface area contributed by atoms with Gasteiger partial charge in [-0.25, -0.2) is 4.39 Å². The Kier molecular flexibility index (Phi) is 4.55. The smallest absolute Gasteiger partial charge is 0.123 e.